The van der Waals surface area contributed by atoms with E-state index in [1.54, 1.807) is 17.9 Å². The standard InChI is InChI=1S/C24H29FN6O2/c1-15(2)27-23-24(29-20-8-11-31(16(3)32)14-21(20)28-23)30-9-6-18(7-10-30)33-22-5-4-17(13-26)12-19(22)25/h4-5,12,15,18H,6-11,14H2,1-3H3,(H,27,28). The quantitative estimate of drug-likeness (QED) is 0.744. The van der Waals surface area contributed by atoms with Crippen LogP contribution >= 0.6 is 0 Å². The average molecular weight is 453 g/mol. The highest BCUT2D eigenvalue weighted by Crippen LogP contribution is 2.30. The number of nitrogens with zero attached hydrogens (tertiary/aromatic N) is 5. The number of hydrogen-bond acceptors (Lipinski definition) is 7. The molecule has 2 aromatic rings. The van der Waals surface area contributed by atoms with Crippen LogP contribution in [0.1, 0.15) is 50.6 Å². The van der Waals surface area contributed by atoms with Gasteiger partial charge in [0.05, 0.1) is 29.6 Å². The first-order valence-corrected chi connectivity index (χ1v) is 11.4. The number of nitriles is 1. The second kappa shape index (κ2) is 9.61. The number of benzene rings is 1. The summed E-state index contributed by atoms with van der Waals surface area (Å²) in [6.45, 7) is 8.25. The van der Waals surface area contributed by atoms with Crippen molar-refractivity contribution in [3.05, 3.63) is 41.0 Å². The molecule has 9 heteroatoms. The van der Waals surface area contributed by atoms with Crippen molar-refractivity contribution in [2.24, 2.45) is 0 Å². The molecular weight excluding hydrogens is 423 g/mol. The van der Waals surface area contributed by atoms with Crippen LogP contribution in [0.15, 0.2) is 18.2 Å². The lowest BCUT2D eigenvalue weighted by molar-refractivity contribution is -0.129. The normalized spacial score (nSPS) is 16.4. The zero-order chi connectivity index (χ0) is 23.5. The van der Waals surface area contributed by atoms with Crippen molar-refractivity contribution in [3.8, 4) is 11.8 Å². The van der Waals surface area contributed by atoms with Gasteiger partial charge in [0.15, 0.2) is 23.2 Å². The summed E-state index contributed by atoms with van der Waals surface area (Å²) in [5, 5.41) is 12.3. The van der Waals surface area contributed by atoms with E-state index < -0.39 is 5.82 Å². The fourth-order valence-electron chi connectivity index (χ4n) is 4.21. The van der Waals surface area contributed by atoms with Gasteiger partial charge in [0.25, 0.3) is 0 Å². The van der Waals surface area contributed by atoms with Gasteiger partial charge in [0.2, 0.25) is 5.91 Å². The molecule has 1 aromatic carbocycles. The highest BCUT2D eigenvalue weighted by atomic mass is 19.1. The number of aromatic nitrogens is 2. The third kappa shape index (κ3) is 5.16. The Morgan fingerprint density at radius 1 is 1.24 bits per heavy atom. The first kappa shape index (κ1) is 22.8. The summed E-state index contributed by atoms with van der Waals surface area (Å²) in [6.07, 6.45) is 2.02. The molecule has 1 saturated heterocycles. The van der Waals surface area contributed by atoms with Gasteiger partial charge < -0.3 is 19.9 Å². The molecule has 1 fully saturated rings. The molecule has 174 valence electrons. The minimum atomic E-state index is -0.514. The summed E-state index contributed by atoms with van der Waals surface area (Å²) < 4.78 is 20.1. The lowest BCUT2D eigenvalue weighted by Gasteiger charge is -2.35. The Hall–Kier alpha value is -3.41. The Bertz CT molecular complexity index is 1080. The number of ether oxygens (including phenoxy) is 1. The number of anilines is 2. The Morgan fingerprint density at radius 3 is 2.64 bits per heavy atom. The van der Waals surface area contributed by atoms with Gasteiger partial charge in [-0.3, -0.25) is 4.79 Å². The number of rotatable bonds is 5. The highest BCUT2D eigenvalue weighted by Gasteiger charge is 2.28. The molecule has 1 N–H and O–H groups in total. The van der Waals surface area contributed by atoms with Crippen LogP contribution in [0, 0.1) is 17.1 Å². The lowest BCUT2D eigenvalue weighted by Crippen LogP contribution is -2.40. The third-order valence-electron chi connectivity index (χ3n) is 5.96. The predicted octanol–water partition coefficient (Wildman–Crippen LogP) is 3.26. The van der Waals surface area contributed by atoms with Crippen molar-refractivity contribution < 1.29 is 13.9 Å². The summed E-state index contributed by atoms with van der Waals surface area (Å²) in [4.78, 5) is 25.6. The van der Waals surface area contributed by atoms with E-state index in [9.17, 15) is 9.18 Å². The second-order valence-corrected chi connectivity index (χ2v) is 8.84. The van der Waals surface area contributed by atoms with E-state index in [0.717, 1.165) is 35.9 Å². The first-order chi connectivity index (χ1) is 15.8. The number of amides is 1. The van der Waals surface area contributed by atoms with Gasteiger partial charge in [0, 0.05) is 51.9 Å². The van der Waals surface area contributed by atoms with E-state index in [1.165, 1.54) is 12.1 Å². The maximum atomic E-state index is 14.2. The molecule has 0 saturated carbocycles. The van der Waals surface area contributed by atoms with Crippen LogP contribution in [0.5, 0.6) is 5.75 Å². The minimum absolute atomic E-state index is 0.0469. The Labute approximate surface area is 193 Å². The van der Waals surface area contributed by atoms with Crippen LogP contribution in [0.2, 0.25) is 0 Å². The zero-order valence-corrected chi connectivity index (χ0v) is 19.3. The van der Waals surface area contributed by atoms with Crippen molar-refractivity contribution >= 4 is 17.5 Å². The molecule has 2 aliphatic heterocycles. The third-order valence-corrected chi connectivity index (χ3v) is 5.96. The molecule has 33 heavy (non-hydrogen) atoms. The van der Waals surface area contributed by atoms with Crippen LogP contribution < -0.4 is 15.0 Å². The predicted molar refractivity (Wildman–Crippen MR) is 123 cm³/mol. The maximum absolute atomic E-state index is 14.2. The van der Waals surface area contributed by atoms with E-state index in [2.05, 4.69) is 24.1 Å². The van der Waals surface area contributed by atoms with Gasteiger partial charge in [0.1, 0.15) is 6.10 Å². The van der Waals surface area contributed by atoms with Crippen molar-refractivity contribution in [2.45, 2.75) is 58.7 Å². The van der Waals surface area contributed by atoms with E-state index in [-0.39, 0.29) is 29.4 Å². The lowest BCUT2D eigenvalue weighted by atomic mass is 10.1. The highest BCUT2D eigenvalue weighted by molar-refractivity contribution is 5.73. The van der Waals surface area contributed by atoms with Crippen molar-refractivity contribution in [1.82, 2.24) is 14.9 Å². The molecule has 0 atom stereocenters. The SMILES string of the molecule is CC(=O)N1CCc2nc(N3CCC(Oc4ccc(C#N)cc4F)CC3)c(NC(C)C)nc2C1. The number of carbonyl (C=O) groups is 1. The first-order valence-electron chi connectivity index (χ1n) is 11.4. The van der Waals surface area contributed by atoms with Crippen LogP contribution in [0.25, 0.3) is 0 Å². The van der Waals surface area contributed by atoms with Gasteiger partial charge in [-0.1, -0.05) is 0 Å². The molecule has 0 unspecified atom stereocenters. The van der Waals surface area contributed by atoms with Gasteiger partial charge in [-0.2, -0.15) is 5.26 Å². The van der Waals surface area contributed by atoms with Crippen LogP contribution in [-0.2, 0) is 17.8 Å². The molecule has 0 spiro atoms. The molecule has 3 heterocycles. The molecule has 0 bridgehead atoms. The molecule has 0 radical (unpaired) electrons. The smallest absolute Gasteiger partial charge is 0.219 e. The van der Waals surface area contributed by atoms with Gasteiger partial charge in [-0.25, -0.2) is 14.4 Å². The number of hydrogen-bond donors (Lipinski definition) is 1. The van der Waals surface area contributed by atoms with Crippen molar-refractivity contribution in [2.75, 3.05) is 29.9 Å². The fourth-order valence-corrected chi connectivity index (χ4v) is 4.21. The Kier molecular flexibility index (Phi) is 6.63. The molecule has 8 nitrogen and oxygen atoms in total. The number of halogens is 1. The molecule has 1 aromatic heterocycles. The van der Waals surface area contributed by atoms with Crippen molar-refractivity contribution in [1.29, 1.82) is 5.26 Å². The number of carbonyl (C=O) groups excluding carboxylic acids is 1. The van der Waals surface area contributed by atoms with Crippen molar-refractivity contribution in [3.63, 3.8) is 0 Å². The summed E-state index contributed by atoms with van der Waals surface area (Å²) >= 11 is 0. The summed E-state index contributed by atoms with van der Waals surface area (Å²) in [7, 11) is 0. The number of piperidine rings is 1. The summed E-state index contributed by atoms with van der Waals surface area (Å²) in [6, 6.07) is 6.39. The summed E-state index contributed by atoms with van der Waals surface area (Å²) in [5.41, 5.74) is 2.06. The average Bonchev–Trinajstić information content (AvgIpc) is 2.79. The minimum Gasteiger partial charge on any atom is -0.487 e. The van der Waals surface area contributed by atoms with Crippen LogP contribution in [0.4, 0.5) is 16.0 Å². The molecule has 0 aliphatic carbocycles. The molecule has 2 aliphatic rings. The molecular formula is C24H29FN6O2. The zero-order valence-electron chi connectivity index (χ0n) is 19.3. The van der Waals surface area contributed by atoms with E-state index >= 15 is 0 Å². The Balaban J connectivity index is 1.48. The van der Waals surface area contributed by atoms with E-state index in [4.69, 9.17) is 20.0 Å². The van der Waals surface area contributed by atoms with Crippen LogP contribution in [0.3, 0.4) is 0 Å². The van der Waals surface area contributed by atoms with E-state index in [0.29, 0.717) is 32.6 Å². The fraction of sp³-hybridized carbons (Fsp3) is 0.500. The van der Waals surface area contributed by atoms with E-state index in [1.807, 2.05) is 6.07 Å². The van der Waals surface area contributed by atoms with Gasteiger partial charge >= 0.3 is 0 Å². The van der Waals surface area contributed by atoms with Gasteiger partial charge in [-0.05, 0) is 32.0 Å². The largest absolute Gasteiger partial charge is 0.487 e. The monoisotopic (exact) mass is 452 g/mol. The van der Waals surface area contributed by atoms with Crippen LogP contribution in [-0.4, -0.2) is 52.6 Å². The Morgan fingerprint density at radius 2 is 2.00 bits per heavy atom. The number of nitrogens with one attached hydrogen (secondary N) is 1. The topological polar surface area (TPSA) is 94.4 Å². The maximum Gasteiger partial charge on any atom is 0.219 e. The van der Waals surface area contributed by atoms with Gasteiger partial charge in [-0.15, -0.1) is 0 Å². The summed E-state index contributed by atoms with van der Waals surface area (Å²) in [5.74, 6) is 1.26. The number of fused-ring (bicyclic) bond motifs is 1. The second-order valence-electron chi connectivity index (χ2n) is 8.84. The molecule has 4 rings (SSSR count). The molecule has 1 amide bonds.